The van der Waals surface area contributed by atoms with Crippen molar-refractivity contribution in [2.75, 3.05) is 13.6 Å². The van der Waals surface area contributed by atoms with Crippen LogP contribution in [0.5, 0.6) is 0 Å². The Morgan fingerprint density at radius 3 is 1.71 bits per heavy atom. The van der Waals surface area contributed by atoms with Gasteiger partial charge in [-0.2, -0.15) is 0 Å². The summed E-state index contributed by atoms with van der Waals surface area (Å²) >= 11 is 0. The Bertz CT molecular complexity index is 962. The largest absolute Gasteiger partial charge is 0.353 e. The van der Waals surface area contributed by atoms with Crippen LogP contribution >= 0.6 is 0 Å². The van der Waals surface area contributed by atoms with E-state index >= 15 is 0 Å². The van der Waals surface area contributed by atoms with Gasteiger partial charge < -0.3 is 9.80 Å². The van der Waals surface area contributed by atoms with Crippen LogP contribution in [-0.2, 0) is 4.79 Å². The molecule has 3 nitrogen and oxygen atoms in total. The fourth-order valence-electron chi connectivity index (χ4n) is 3.98. The summed E-state index contributed by atoms with van der Waals surface area (Å²) in [7, 11) is 2.09. The molecule has 0 aromatic heterocycles. The third-order valence-corrected chi connectivity index (χ3v) is 5.93. The zero-order chi connectivity index (χ0) is 25.5. The first-order valence-electron chi connectivity index (χ1n) is 12.8. The van der Waals surface area contributed by atoms with E-state index in [1.54, 1.807) is 0 Å². The number of benzene rings is 3. The second kappa shape index (κ2) is 15.5. The van der Waals surface area contributed by atoms with Gasteiger partial charge in [0.1, 0.15) is 6.17 Å². The molecule has 35 heavy (non-hydrogen) atoms. The van der Waals surface area contributed by atoms with Gasteiger partial charge in [0.25, 0.3) is 0 Å². The lowest BCUT2D eigenvalue weighted by molar-refractivity contribution is -0.133. The first-order chi connectivity index (χ1) is 17.0. The van der Waals surface area contributed by atoms with Crippen molar-refractivity contribution in [3.05, 3.63) is 119 Å². The van der Waals surface area contributed by atoms with Crippen LogP contribution in [0.2, 0.25) is 0 Å². The smallest absolute Gasteiger partial charge is 0.224 e. The van der Waals surface area contributed by atoms with E-state index in [4.69, 9.17) is 0 Å². The summed E-state index contributed by atoms with van der Waals surface area (Å²) < 4.78 is 0. The highest BCUT2D eigenvalue weighted by Gasteiger charge is 2.36. The number of likely N-dealkylation sites (N-methyl/N-ethyl adjacent to an activating group) is 1. The molecule has 0 bridgehead atoms. The highest BCUT2D eigenvalue weighted by atomic mass is 16.2. The molecule has 1 fully saturated rings. The minimum atomic E-state index is 0.0355. The maximum Gasteiger partial charge on any atom is 0.224 e. The molecule has 0 radical (unpaired) electrons. The predicted molar refractivity (Wildman–Crippen MR) is 149 cm³/mol. The van der Waals surface area contributed by atoms with E-state index < -0.39 is 0 Å². The Morgan fingerprint density at radius 2 is 1.31 bits per heavy atom. The molecule has 1 aliphatic heterocycles. The van der Waals surface area contributed by atoms with Crippen LogP contribution < -0.4 is 0 Å². The molecule has 1 heterocycles. The Kier molecular flexibility index (Phi) is 12.4. The maximum absolute atomic E-state index is 12.6. The molecule has 0 aliphatic carbocycles. The maximum atomic E-state index is 12.6. The summed E-state index contributed by atoms with van der Waals surface area (Å²) in [5, 5.41) is 0. The molecule has 1 amide bonds. The molecule has 1 unspecified atom stereocenters. The van der Waals surface area contributed by atoms with E-state index in [0.717, 1.165) is 25.8 Å². The van der Waals surface area contributed by atoms with Crippen molar-refractivity contribution in [1.82, 2.24) is 9.80 Å². The molecule has 1 saturated heterocycles. The van der Waals surface area contributed by atoms with E-state index in [1.807, 2.05) is 59.5 Å². The van der Waals surface area contributed by atoms with Gasteiger partial charge in [-0.05, 0) is 32.3 Å². The number of aryl methyl sites for hydroxylation is 2. The lowest BCUT2D eigenvalue weighted by Gasteiger charge is -2.29. The minimum absolute atomic E-state index is 0.0355. The third kappa shape index (κ3) is 9.44. The standard InChI is InChI=1S/C18H26N2O.2C7H8/c1-4-6-13-17(21)20-14-16(10-5-2)19(3)18(20)15-11-8-7-9-12-15;2*1-7-5-3-2-4-6-7/h7-12,18H,4-6,13-14H2,1-3H3;2*2-6H,1H3/b16-10+;;. The second-order valence-electron chi connectivity index (χ2n) is 8.93. The number of amides is 1. The van der Waals surface area contributed by atoms with E-state index in [0.29, 0.717) is 6.42 Å². The number of unbranched alkanes of at least 4 members (excludes halogenated alkanes) is 1. The summed E-state index contributed by atoms with van der Waals surface area (Å²) in [4.78, 5) is 16.8. The van der Waals surface area contributed by atoms with Crippen molar-refractivity contribution in [2.45, 2.75) is 59.5 Å². The van der Waals surface area contributed by atoms with Gasteiger partial charge in [0.15, 0.2) is 0 Å². The van der Waals surface area contributed by atoms with Gasteiger partial charge in [-0.15, -0.1) is 0 Å². The van der Waals surface area contributed by atoms with Crippen LogP contribution in [0.1, 0.15) is 62.4 Å². The Balaban J connectivity index is 0.000000249. The number of rotatable bonds is 5. The summed E-state index contributed by atoms with van der Waals surface area (Å²) in [6.07, 6.45) is 5.93. The number of hydrogen-bond donors (Lipinski definition) is 0. The van der Waals surface area contributed by atoms with Crippen LogP contribution in [0.4, 0.5) is 0 Å². The molecule has 186 valence electrons. The molecule has 1 aliphatic rings. The molecule has 3 aromatic carbocycles. The van der Waals surface area contributed by atoms with Gasteiger partial charge in [0, 0.05) is 19.2 Å². The zero-order valence-corrected chi connectivity index (χ0v) is 22.2. The van der Waals surface area contributed by atoms with Crippen molar-refractivity contribution in [1.29, 1.82) is 0 Å². The van der Waals surface area contributed by atoms with Crippen LogP contribution in [-0.4, -0.2) is 29.3 Å². The fraction of sp³-hybridized carbons (Fsp3) is 0.344. The van der Waals surface area contributed by atoms with Crippen molar-refractivity contribution in [3.8, 4) is 0 Å². The lowest BCUT2D eigenvalue weighted by Crippen LogP contribution is -2.33. The van der Waals surface area contributed by atoms with E-state index in [9.17, 15) is 4.79 Å². The topological polar surface area (TPSA) is 23.6 Å². The first-order valence-corrected chi connectivity index (χ1v) is 12.8. The molecule has 4 rings (SSSR count). The number of hydrogen-bond acceptors (Lipinski definition) is 2. The SMILES string of the molecule is CC/C=C1\CN(C(=O)CCCC)C(c2ccccc2)N1C.Cc1ccccc1.Cc1ccccc1. The first kappa shape index (κ1) is 27.9. The van der Waals surface area contributed by atoms with Gasteiger partial charge in [0.05, 0.1) is 6.54 Å². The van der Waals surface area contributed by atoms with E-state index in [-0.39, 0.29) is 12.1 Å². The highest BCUT2D eigenvalue weighted by Crippen LogP contribution is 2.34. The minimum Gasteiger partial charge on any atom is -0.353 e. The van der Waals surface area contributed by atoms with Gasteiger partial charge in [-0.3, -0.25) is 4.79 Å². The lowest BCUT2D eigenvalue weighted by atomic mass is 10.1. The van der Waals surface area contributed by atoms with Crippen LogP contribution in [0.3, 0.4) is 0 Å². The Morgan fingerprint density at radius 1 is 0.829 bits per heavy atom. The van der Waals surface area contributed by atoms with Gasteiger partial charge in [-0.25, -0.2) is 0 Å². The van der Waals surface area contributed by atoms with Crippen molar-refractivity contribution >= 4 is 5.91 Å². The third-order valence-electron chi connectivity index (χ3n) is 5.93. The average molecular weight is 471 g/mol. The number of nitrogens with zero attached hydrogens (tertiary/aromatic N) is 2. The average Bonchev–Trinajstić information content (AvgIpc) is 3.21. The quantitative estimate of drug-likeness (QED) is 0.378. The second-order valence-corrected chi connectivity index (χ2v) is 8.93. The Labute approximate surface area is 213 Å². The molecular weight excluding hydrogens is 428 g/mol. The molecule has 3 heteroatoms. The monoisotopic (exact) mass is 470 g/mol. The van der Waals surface area contributed by atoms with Crippen molar-refractivity contribution in [2.24, 2.45) is 0 Å². The molecule has 3 aromatic rings. The number of carbonyl (C=O) groups is 1. The summed E-state index contributed by atoms with van der Waals surface area (Å²) in [6.45, 7) is 9.16. The van der Waals surface area contributed by atoms with E-state index in [1.165, 1.54) is 22.4 Å². The number of carbonyl (C=O) groups excluding carboxylic acids is 1. The van der Waals surface area contributed by atoms with Crippen LogP contribution in [0.25, 0.3) is 0 Å². The highest BCUT2D eigenvalue weighted by molar-refractivity contribution is 5.77. The molecule has 1 atom stereocenters. The van der Waals surface area contributed by atoms with Crippen LogP contribution in [0.15, 0.2) is 103 Å². The predicted octanol–water partition coefficient (Wildman–Crippen LogP) is 7.93. The van der Waals surface area contributed by atoms with Crippen molar-refractivity contribution in [3.63, 3.8) is 0 Å². The van der Waals surface area contributed by atoms with Crippen LogP contribution in [0, 0.1) is 13.8 Å². The van der Waals surface area contributed by atoms with Gasteiger partial charge >= 0.3 is 0 Å². The summed E-state index contributed by atoms with van der Waals surface area (Å²) in [6, 6.07) is 30.8. The Hall–Kier alpha value is -3.33. The molecule has 0 spiro atoms. The van der Waals surface area contributed by atoms with Gasteiger partial charge in [0.2, 0.25) is 5.91 Å². The fourth-order valence-corrected chi connectivity index (χ4v) is 3.98. The van der Waals surface area contributed by atoms with Gasteiger partial charge in [-0.1, -0.05) is 128 Å². The number of allylic oxidation sites excluding steroid dienone is 1. The summed E-state index contributed by atoms with van der Waals surface area (Å²) in [5.41, 5.74) is 5.07. The zero-order valence-electron chi connectivity index (χ0n) is 22.2. The normalized spacial score (nSPS) is 15.7. The molecular formula is C32H42N2O. The molecule has 0 saturated carbocycles. The van der Waals surface area contributed by atoms with Crippen molar-refractivity contribution < 1.29 is 4.79 Å². The summed E-state index contributed by atoms with van der Waals surface area (Å²) in [5.74, 6) is 0.261. The molecule has 0 N–H and O–H groups in total. The van der Waals surface area contributed by atoms with E-state index in [2.05, 4.69) is 82.1 Å².